The minimum absolute atomic E-state index is 0. The fourth-order valence-corrected chi connectivity index (χ4v) is 5.86. The smallest absolute Gasteiger partial charge is 1.00 e. The first kappa shape index (κ1) is 15.6. The number of hydrogen-bond acceptors (Lipinski definition) is 1. The Balaban J connectivity index is 0.00000169. The van der Waals surface area contributed by atoms with Crippen LogP contribution in [0.25, 0.3) is 0 Å². The quantitative estimate of drug-likeness (QED) is 0.495. The first-order chi connectivity index (χ1) is 6.02. The molecule has 0 aliphatic heterocycles. The van der Waals surface area contributed by atoms with Crippen LogP contribution in [0.3, 0.4) is 0 Å². The van der Waals surface area contributed by atoms with Crippen LogP contribution in [-0.2, 0) is 4.52 Å². The van der Waals surface area contributed by atoms with Gasteiger partial charge in [-0.05, 0) is 0 Å². The molecule has 0 saturated carbocycles. The molecule has 0 heterocycles. The minimum Gasteiger partial charge on any atom is 1.00 e. The SMILES string of the molecule is CC(C)O[P+]([Se-])([Se-])c1ccccc1.[Na+]. The fraction of sp³-hybridized carbons (Fsp3) is 0.333. The van der Waals surface area contributed by atoms with Crippen LogP contribution in [0.5, 0.6) is 0 Å². The van der Waals surface area contributed by atoms with E-state index in [1.807, 2.05) is 32.0 Å². The molecule has 1 rings (SSSR count). The molecule has 0 aliphatic carbocycles. The van der Waals surface area contributed by atoms with Crippen LogP contribution in [0.4, 0.5) is 0 Å². The van der Waals surface area contributed by atoms with E-state index >= 15 is 0 Å². The van der Waals surface area contributed by atoms with E-state index in [2.05, 4.69) is 43.3 Å². The maximum absolute atomic E-state index is 5.82. The third-order valence-corrected chi connectivity index (χ3v) is 6.79. The predicted octanol–water partition coefficient (Wildman–Crippen LogP) is -1.16. The summed E-state index contributed by atoms with van der Waals surface area (Å²) in [5.41, 5.74) is 0. The molecular formula is C9H12NaOPSe2. The van der Waals surface area contributed by atoms with Gasteiger partial charge in [0.1, 0.15) is 0 Å². The number of rotatable bonds is 3. The first-order valence-electron chi connectivity index (χ1n) is 4.07. The van der Waals surface area contributed by atoms with E-state index in [9.17, 15) is 0 Å². The van der Waals surface area contributed by atoms with Crippen molar-refractivity contribution in [2.75, 3.05) is 0 Å². The van der Waals surface area contributed by atoms with Crippen molar-refractivity contribution in [3.05, 3.63) is 30.3 Å². The maximum Gasteiger partial charge on any atom is 1.00 e. The molecule has 0 unspecified atom stereocenters. The Kier molecular flexibility index (Phi) is 7.90. The monoisotopic (exact) mass is 350 g/mol. The largest absolute Gasteiger partial charge is 1.00 e. The van der Waals surface area contributed by atoms with Crippen molar-refractivity contribution >= 4 is 41.3 Å². The average molecular weight is 348 g/mol. The zero-order valence-corrected chi connectivity index (χ0v) is 15.0. The van der Waals surface area contributed by atoms with Crippen LogP contribution in [0.1, 0.15) is 13.8 Å². The van der Waals surface area contributed by atoms with E-state index < -0.39 is 4.87 Å². The zero-order valence-electron chi connectivity index (χ0n) is 8.64. The molecule has 0 radical (unpaired) electrons. The second-order valence-corrected chi connectivity index (χ2v) is 14.7. The molecule has 0 atom stereocenters. The van der Waals surface area contributed by atoms with Gasteiger partial charge in [-0.2, -0.15) is 0 Å². The second kappa shape index (κ2) is 7.07. The normalized spacial score (nSPS) is 11.2. The molecule has 0 amide bonds. The molecule has 0 spiro atoms. The Hall–Kier alpha value is 1.65. The van der Waals surface area contributed by atoms with Gasteiger partial charge in [0.2, 0.25) is 0 Å². The van der Waals surface area contributed by atoms with Crippen LogP contribution >= 0.6 is 4.87 Å². The average Bonchev–Trinajstić information content (AvgIpc) is 2.04. The van der Waals surface area contributed by atoms with Crippen molar-refractivity contribution in [1.29, 1.82) is 0 Å². The van der Waals surface area contributed by atoms with Crippen molar-refractivity contribution in [2.45, 2.75) is 20.0 Å². The van der Waals surface area contributed by atoms with Crippen LogP contribution in [0, 0.1) is 0 Å². The maximum atomic E-state index is 5.82. The molecule has 0 bridgehead atoms. The van der Waals surface area contributed by atoms with Crippen LogP contribution in [-0.4, -0.2) is 37.2 Å². The summed E-state index contributed by atoms with van der Waals surface area (Å²) in [7, 11) is 0. The second-order valence-electron chi connectivity index (χ2n) is 2.99. The number of hydrogen-bond donors (Lipinski definition) is 0. The van der Waals surface area contributed by atoms with Gasteiger partial charge in [0.05, 0.1) is 0 Å². The summed E-state index contributed by atoms with van der Waals surface area (Å²) in [4.78, 5) is -1.60. The Morgan fingerprint density at radius 1 is 1.14 bits per heavy atom. The van der Waals surface area contributed by atoms with E-state index in [4.69, 9.17) is 4.52 Å². The minimum atomic E-state index is -1.60. The molecule has 5 heteroatoms. The number of benzene rings is 1. The van der Waals surface area contributed by atoms with Crippen LogP contribution < -0.4 is 34.9 Å². The molecule has 0 aromatic heterocycles. The Morgan fingerprint density at radius 3 is 2.07 bits per heavy atom. The van der Waals surface area contributed by atoms with Gasteiger partial charge in [-0.1, -0.05) is 0 Å². The van der Waals surface area contributed by atoms with Gasteiger partial charge in [-0.3, -0.25) is 0 Å². The molecule has 0 fully saturated rings. The van der Waals surface area contributed by atoms with Gasteiger partial charge in [0.15, 0.2) is 0 Å². The van der Waals surface area contributed by atoms with Gasteiger partial charge in [-0.25, -0.2) is 0 Å². The molecule has 0 saturated heterocycles. The van der Waals surface area contributed by atoms with E-state index in [0.29, 0.717) is 0 Å². The fourth-order valence-electron chi connectivity index (χ4n) is 0.949. The molecule has 14 heavy (non-hydrogen) atoms. The van der Waals surface area contributed by atoms with E-state index in [1.54, 1.807) is 0 Å². The third kappa shape index (κ3) is 5.12. The Bertz CT molecular complexity index is 267. The Labute approximate surface area is 124 Å². The van der Waals surface area contributed by atoms with Gasteiger partial charge in [0.25, 0.3) is 0 Å². The molecule has 1 aromatic carbocycles. The van der Waals surface area contributed by atoms with Gasteiger partial charge < -0.3 is 0 Å². The van der Waals surface area contributed by atoms with E-state index in [0.717, 1.165) is 0 Å². The van der Waals surface area contributed by atoms with Crippen molar-refractivity contribution in [2.24, 2.45) is 0 Å². The summed E-state index contributed by atoms with van der Waals surface area (Å²) in [5, 5.41) is 1.23. The van der Waals surface area contributed by atoms with Crippen LogP contribution in [0.2, 0.25) is 0 Å². The molecule has 1 nitrogen and oxygen atoms in total. The molecule has 0 aliphatic rings. The van der Waals surface area contributed by atoms with Gasteiger partial charge >= 0.3 is 126 Å². The van der Waals surface area contributed by atoms with Crippen molar-refractivity contribution in [1.82, 2.24) is 0 Å². The van der Waals surface area contributed by atoms with Gasteiger partial charge in [-0.15, -0.1) is 0 Å². The Morgan fingerprint density at radius 2 is 1.64 bits per heavy atom. The summed E-state index contributed by atoms with van der Waals surface area (Å²) in [6.07, 6.45) is 0.246. The van der Waals surface area contributed by atoms with E-state index in [1.165, 1.54) is 5.30 Å². The van der Waals surface area contributed by atoms with Crippen molar-refractivity contribution in [3.8, 4) is 0 Å². The molecule has 0 N–H and O–H groups in total. The summed E-state index contributed by atoms with van der Waals surface area (Å²) >= 11 is 6.27. The van der Waals surface area contributed by atoms with E-state index in [-0.39, 0.29) is 35.7 Å². The third-order valence-electron chi connectivity index (χ3n) is 1.42. The summed E-state index contributed by atoms with van der Waals surface area (Å²) in [6, 6.07) is 10.2. The topological polar surface area (TPSA) is 9.23 Å². The predicted molar refractivity (Wildman–Crippen MR) is 60.7 cm³/mol. The zero-order chi connectivity index (χ0) is 9.90. The van der Waals surface area contributed by atoms with Crippen molar-refractivity contribution < 1.29 is 34.1 Å². The summed E-state index contributed by atoms with van der Waals surface area (Å²) < 4.78 is 5.82. The molecule has 1 aromatic rings. The standard InChI is InChI=1S/C9H13OPSe2.Na/c1-8(2)10-11(12,13)9-6-4-3-5-7-9;/h3-8H,1-2H3,(H,12,13);/q;+1/p-1. The first-order valence-corrected chi connectivity index (χ1v) is 10.2. The van der Waals surface area contributed by atoms with Crippen LogP contribution in [0.15, 0.2) is 30.3 Å². The molecular weight excluding hydrogens is 336 g/mol. The van der Waals surface area contributed by atoms with Gasteiger partial charge in [0, 0.05) is 0 Å². The summed E-state index contributed by atoms with van der Waals surface area (Å²) in [6.45, 7) is 4.10. The molecule has 72 valence electrons. The summed E-state index contributed by atoms with van der Waals surface area (Å²) in [5.74, 6) is 0. The van der Waals surface area contributed by atoms with Crippen molar-refractivity contribution in [3.63, 3.8) is 0 Å².